The van der Waals surface area contributed by atoms with Crippen LogP contribution in [-0.2, 0) is 4.74 Å². The number of methoxy groups -OCH3 is 1. The molecule has 1 unspecified atom stereocenters. The van der Waals surface area contributed by atoms with Crippen molar-refractivity contribution in [2.45, 2.75) is 58.0 Å². The molecule has 1 aliphatic carbocycles. The van der Waals surface area contributed by atoms with Crippen molar-refractivity contribution in [3.05, 3.63) is 16.3 Å². The molecule has 7 heteroatoms. The van der Waals surface area contributed by atoms with E-state index in [4.69, 9.17) is 4.74 Å². The van der Waals surface area contributed by atoms with Crippen LogP contribution in [-0.4, -0.2) is 53.1 Å². The Balaban J connectivity index is 1.60. The molecule has 2 aliphatic rings. The highest BCUT2D eigenvalue weighted by molar-refractivity contribution is 7.20. The van der Waals surface area contributed by atoms with Crippen molar-refractivity contribution >= 4 is 33.3 Å². The molecule has 0 amide bonds. The summed E-state index contributed by atoms with van der Waals surface area (Å²) in [5.41, 5.74) is 0.907. The fraction of sp³-hybridized carbons (Fsp3) is 0.632. The molecule has 1 atom stereocenters. The van der Waals surface area contributed by atoms with Gasteiger partial charge in [-0.15, -0.1) is 11.3 Å². The Kier molecular flexibility index (Phi) is 4.84. The van der Waals surface area contributed by atoms with Gasteiger partial charge < -0.3 is 10.1 Å². The number of nitrogens with one attached hydrogen (secondary N) is 1. The second-order valence-electron chi connectivity index (χ2n) is 7.41. The minimum atomic E-state index is -0.303. The fourth-order valence-electron chi connectivity index (χ4n) is 4.34. The summed E-state index contributed by atoms with van der Waals surface area (Å²) >= 11 is 1.39. The Morgan fingerprint density at radius 1 is 1.23 bits per heavy atom. The van der Waals surface area contributed by atoms with Crippen molar-refractivity contribution in [2.75, 3.05) is 25.5 Å². The lowest BCUT2D eigenvalue weighted by molar-refractivity contribution is 0.0605. The minimum Gasteiger partial charge on any atom is -0.465 e. The average molecular weight is 375 g/mol. The van der Waals surface area contributed by atoms with Crippen molar-refractivity contribution in [3.8, 4) is 0 Å². The molecular formula is C19H26N4O2S. The first-order valence-electron chi connectivity index (χ1n) is 9.43. The normalized spacial score (nSPS) is 21.6. The van der Waals surface area contributed by atoms with Gasteiger partial charge in [-0.1, -0.05) is 12.8 Å². The number of aromatic nitrogens is 2. The minimum absolute atomic E-state index is 0.303. The number of thiophene rings is 1. The van der Waals surface area contributed by atoms with Gasteiger partial charge in [0.05, 0.1) is 12.5 Å². The van der Waals surface area contributed by atoms with Crippen LogP contribution in [0, 0.1) is 13.8 Å². The van der Waals surface area contributed by atoms with E-state index in [1.807, 2.05) is 13.8 Å². The average Bonchev–Trinajstić information content (AvgIpc) is 3.34. The highest BCUT2D eigenvalue weighted by Crippen LogP contribution is 2.35. The number of carbonyl (C=O) groups is 1. The van der Waals surface area contributed by atoms with Crippen molar-refractivity contribution in [1.29, 1.82) is 0 Å². The quantitative estimate of drug-likeness (QED) is 0.826. The number of hydrogen-bond acceptors (Lipinski definition) is 7. The van der Waals surface area contributed by atoms with E-state index in [0.717, 1.165) is 53.0 Å². The number of ether oxygens (including phenoxy) is 1. The highest BCUT2D eigenvalue weighted by atomic mass is 32.1. The van der Waals surface area contributed by atoms with Crippen molar-refractivity contribution in [1.82, 2.24) is 14.9 Å². The van der Waals surface area contributed by atoms with Gasteiger partial charge in [0, 0.05) is 25.2 Å². The topological polar surface area (TPSA) is 67.3 Å². The maximum absolute atomic E-state index is 12.0. The van der Waals surface area contributed by atoms with Gasteiger partial charge in [-0.2, -0.15) is 0 Å². The number of nitrogens with zero attached hydrogens (tertiary/aromatic N) is 3. The Morgan fingerprint density at radius 2 is 2.00 bits per heavy atom. The molecule has 3 heterocycles. The molecule has 6 nitrogen and oxygen atoms in total. The molecule has 4 rings (SSSR count). The summed E-state index contributed by atoms with van der Waals surface area (Å²) in [4.78, 5) is 25.3. The molecule has 140 valence electrons. The zero-order valence-corrected chi connectivity index (χ0v) is 16.5. The number of anilines is 1. The predicted octanol–water partition coefficient (Wildman–Crippen LogP) is 3.52. The Morgan fingerprint density at radius 3 is 2.73 bits per heavy atom. The smallest absolute Gasteiger partial charge is 0.348 e. The molecule has 2 aromatic rings. The molecule has 0 spiro atoms. The Bertz CT molecular complexity index is 829. The number of rotatable bonds is 4. The van der Waals surface area contributed by atoms with Gasteiger partial charge in [-0.05, 0) is 38.7 Å². The molecule has 1 N–H and O–H groups in total. The van der Waals surface area contributed by atoms with E-state index in [0.29, 0.717) is 10.9 Å². The SMILES string of the molecule is COC(=O)c1sc2nc(C)nc(NC3CCN(C4CCCC4)C3)c2c1C. The molecule has 1 aliphatic heterocycles. The first-order chi connectivity index (χ1) is 12.6. The zero-order chi connectivity index (χ0) is 18.3. The third-order valence-corrected chi connectivity index (χ3v) is 6.84. The molecule has 0 radical (unpaired) electrons. The monoisotopic (exact) mass is 374 g/mol. The van der Waals surface area contributed by atoms with E-state index < -0.39 is 0 Å². The van der Waals surface area contributed by atoms with Crippen LogP contribution in [0.25, 0.3) is 10.2 Å². The van der Waals surface area contributed by atoms with Gasteiger partial charge in [0.25, 0.3) is 0 Å². The highest BCUT2D eigenvalue weighted by Gasteiger charge is 2.31. The van der Waals surface area contributed by atoms with Crippen molar-refractivity contribution in [2.24, 2.45) is 0 Å². The van der Waals surface area contributed by atoms with E-state index in [2.05, 4.69) is 20.2 Å². The maximum Gasteiger partial charge on any atom is 0.348 e. The number of aryl methyl sites for hydroxylation is 2. The summed E-state index contributed by atoms with van der Waals surface area (Å²) in [5, 5.41) is 4.61. The van der Waals surface area contributed by atoms with Crippen LogP contribution in [0.3, 0.4) is 0 Å². The molecule has 0 bridgehead atoms. The second kappa shape index (κ2) is 7.12. The van der Waals surface area contributed by atoms with Gasteiger partial charge in [-0.25, -0.2) is 14.8 Å². The summed E-state index contributed by atoms with van der Waals surface area (Å²) in [5.74, 6) is 1.28. The maximum atomic E-state index is 12.0. The molecule has 1 saturated heterocycles. The summed E-state index contributed by atoms with van der Waals surface area (Å²) in [7, 11) is 1.42. The summed E-state index contributed by atoms with van der Waals surface area (Å²) in [6, 6.07) is 1.16. The molecule has 1 saturated carbocycles. The lowest BCUT2D eigenvalue weighted by atomic mass is 10.2. The van der Waals surface area contributed by atoms with E-state index in [-0.39, 0.29) is 5.97 Å². The molecule has 0 aromatic carbocycles. The van der Waals surface area contributed by atoms with Crippen LogP contribution in [0.1, 0.15) is 53.2 Å². The third kappa shape index (κ3) is 3.18. The zero-order valence-electron chi connectivity index (χ0n) is 15.7. The third-order valence-electron chi connectivity index (χ3n) is 5.67. The summed E-state index contributed by atoms with van der Waals surface area (Å²) in [6.45, 7) is 6.08. The Hall–Kier alpha value is -1.73. The van der Waals surface area contributed by atoms with Crippen LogP contribution in [0.4, 0.5) is 5.82 Å². The largest absolute Gasteiger partial charge is 0.465 e. The van der Waals surface area contributed by atoms with Crippen LogP contribution in [0.15, 0.2) is 0 Å². The fourth-order valence-corrected chi connectivity index (χ4v) is 5.48. The number of likely N-dealkylation sites (tertiary alicyclic amines) is 1. The number of hydrogen-bond donors (Lipinski definition) is 1. The first kappa shape index (κ1) is 17.7. The van der Waals surface area contributed by atoms with Crippen LogP contribution in [0.5, 0.6) is 0 Å². The predicted molar refractivity (Wildman–Crippen MR) is 104 cm³/mol. The van der Waals surface area contributed by atoms with Gasteiger partial charge >= 0.3 is 5.97 Å². The van der Waals surface area contributed by atoms with Gasteiger partial charge in [0.2, 0.25) is 0 Å². The van der Waals surface area contributed by atoms with E-state index in [9.17, 15) is 4.79 Å². The molecule has 2 fully saturated rings. The molecule has 2 aromatic heterocycles. The lowest BCUT2D eigenvalue weighted by Crippen LogP contribution is -2.33. The van der Waals surface area contributed by atoms with Crippen LogP contribution < -0.4 is 5.32 Å². The summed E-state index contributed by atoms with van der Waals surface area (Å²) < 4.78 is 4.92. The standard InChI is InChI=1S/C19H26N4O2S/c1-11-15-17(20-12(2)21-18(15)26-16(11)19(24)25-3)22-13-8-9-23(10-13)14-6-4-5-7-14/h13-14H,4-10H2,1-3H3,(H,20,21,22). The van der Waals surface area contributed by atoms with E-state index in [1.165, 1.54) is 44.1 Å². The number of carbonyl (C=O) groups excluding carboxylic acids is 1. The van der Waals surface area contributed by atoms with E-state index in [1.54, 1.807) is 0 Å². The van der Waals surface area contributed by atoms with Gasteiger partial charge in [0.1, 0.15) is 21.3 Å². The number of esters is 1. The summed E-state index contributed by atoms with van der Waals surface area (Å²) in [6.07, 6.45) is 6.56. The van der Waals surface area contributed by atoms with Crippen LogP contribution >= 0.6 is 11.3 Å². The first-order valence-corrected chi connectivity index (χ1v) is 10.2. The van der Waals surface area contributed by atoms with Crippen molar-refractivity contribution in [3.63, 3.8) is 0 Å². The van der Waals surface area contributed by atoms with Gasteiger partial charge in [-0.3, -0.25) is 4.90 Å². The lowest BCUT2D eigenvalue weighted by Gasteiger charge is -2.23. The Labute approximate surface area is 158 Å². The second-order valence-corrected chi connectivity index (χ2v) is 8.41. The molecular weight excluding hydrogens is 348 g/mol. The van der Waals surface area contributed by atoms with Crippen LogP contribution in [0.2, 0.25) is 0 Å². The number of fused-ring (bicyclic) bond motifs is 1. The van der Waals surface area contributed by atoms with Crippen molar-refractivity contribution < 1.29 is 9.53 Å². The van der Waals surface area contributed by atoms with Gasteiger partial charge in [0.15, 0.2) is 0 Å². The molecule has 26 heavy (non-hydrogen) atoms. The van der Waals surface area contributed by atoms with E-state index >= 15 is 0 Å².